The van der Waals surface area contributed by atoms with E-state index in [9.17, 15) is 8.42 Å². The lowest BCUT2D eigenvalue weighted by atomic mass is 10.1. The summed E-state index contributed by atoms with van der Waals surface area (Å²) >= 11 is 0. The SMILES string of the molecule is CCC(C)N(C)S(=O)(=O)c1ccc(CN)c(C)c1. The van der Waals surface area contributed by atoms with E-state index < -0.39 is 10.0 Å². The molecule has 18 heavy (non-hydrogen) atoms. The average molecular weight is 270 g/mol. The molecule has 4 nitrogen and oxygen atoms in total. The van der Waals surface area contributed by atoms with Crippen molar-refractivity contribution in [2.45, 2.75) is 44.7 Å². The maximum atomic E-state index is 12.4. The van der Waals surface area contributed by atoms with Gasteiger partial charge in [0, 0.05) is 19.6 Å². The molecule has 0 saturated carbocycles. The molecular formula is C13H22N2O2S. The van der Waals surface area contributed by atoms with Crippen LogP contribution in [0.25, 0.3) is 0 Å². The Morgan fingerprint density at radius 2 is 2.00 bits per heavy atom. The van der Waals surface area contributed by atoms with E-state index in [4.69, 9.17) is 5.73 Å². The van der Waals surface area contributed by atoms with E-state index >= 15 is 0 Å². The number of sulfonamides is 1. The molecule has 0 aliphatic rings. The van der Waals surface area contributed by atoms with Crippen LogP contribution in [0, 0.1) is 6.92 Å². The van der Waals surface area contributed by atoms with Gasteiger partial charge in [-0.25, -0.2) is 8.42 Å². The van der Waals surface area contributed by atoms with E-state index in [1.165, 1.54) is 4.31 Å². The van der Waals surface area contributed by atoms with Crippen molar-refractivity contribution in [2.75, 3.05) is 7.05 Å². The lowest BCUT2D eigenvalue weighted by Gasteiger charge is -2.23. The van der Waals surface area contributed by atoms with E-state index in [0.29, 0.717) is 11.4 Å². The summed E-state index contributed by atoms with van der Waals surface area (Å²) < 4.78 is 26.2. The fourth-order valence-electron chi connectivity index (χ4n) is 1.72. The van der Waals surface area contributed by atoms with Gasteiger partial charge >= 0.3 is 0 Å². The van der Waals surface area contributed by atoms with Crippen molar-refractivity contribution in [2.24, 2.45) is 5.73 Å². The van der Waals surface area contributed by atoms with Gasteiger partial charge in [0.25, 0.3) is 0 Å². The molecule has 0 aliphatic carbocycles. The van der Waals surface area contributed by atoms with Crippen LogP contribution in [-0.2, 0) is 16.6 Å². The van der Waals surface area contributed by atoms with Crippen LogP contribution in [-0.4, -0.2) is 25.8 Å². The molecule has 0 aromatic heterocycles. The third-order valence-electron chi connectivity index (χ3n) is 3.42. The number of aryl methyl sites for hydroxylation is 1. The maximum absolute atomic E-state index is 12.4. The normalized spacial score (nSPS) is 13.9. The molecule has 1 unspecified atom stereocenters. The molecule has 1 aromatic rings. The molecule has 0 bridgehead atoms. The van der Waals surface area contributed by atoms with Crippen molar-refractivity contribution in [3.05, 3.63) is 29.3 Å². The molecule has 0 aliphatic heterocycles. The first-order chi connectivity index (χ1) is 8.34. The molecule has 1 atom stereocenters. The van der Waals surface area contributed by atoms with Crippen LogP contribution in [0.5, 0.6) is 0 Å². The fourth-order valence-corrected chi connectivity index (χ4v) is 3.24. The summed E-state index contributed by atoms with van der Waals surface area (Å²) in [6, 6.07) is 5.09. The molecule has 0 fully saturated rings. The molecule has 1 rings (SSSR count). The van der Waals surface area contributed by atoms with E-state index in [1.807, 2.05) is 20.8 Å². The largest absolute Gasteiger partial charge is 0.326 e. The Morgan fingerprint density at radius 3 is 2.44 bits per heavy atom. The molecule has 1 aromatic carbocycles. The monoisotopic (exact) mass is 270 g/mol. The predicted molar refractivity (Wildman–Crippen MR) is 73.8 cm³/mol. The summed E-state index contributed by atoms with van der Waals surface area (Å²) in [6.45, 7) is 6.18. The van der Waals surface area contributed by atoms with Gasteiger partial charge in [0.2, 0.25) is 10.0 Å². The van der Waals surface area contributed by atoms with Crippen molar-refractivity contribution in [1.29, 1.82) is 0 Å². The minimum absolute atomic E-state index is 0.00973. The lowest BCUT2D eigenvalue weighted by Crippen LogP contribution is -2.34. The predicted octanol–water partition coefficient (Wildman–Crippen LogP) is 1.87. The second-order valence-corrected chi connectivity index (χ2v) is 6.57. The topological polar surface area (TPSA) is 63.4 Å². The van der Waals surface area contributed by atoms with Crippen LogP contribution in [0.1, 0.15) is 31.4 Å². The van der Waals surface area contributed by atoms with Gasteiger partial charge in [-0.1, -0.05) is 13.0 Å². The fraction of sp³-hybridized carbons (Fsp3) is 0.538. The third kappa shape index (κ3) is 2.91. The number of nitrogens with two attached hydrogens (primary N) is 1. The molecule has 2 N–H and O–H groups in total. The van der Waals surface area contributed by atoms with E-state index in [2.05, 4.69) is 0 Å². The van der Waals surface area contributed by atoms with Crippen molar-refractivity contribution < 1.29 is 8.42 Å². The van der Waals surface area contributed by atoms with Crippen LogP contribution in [0.4, 0.5) is 0 Å². The first kappa shape index (κ1) is 15.1. The Morgan fingerprint density at radius 1 is 1.39 bits per heavy atom. The Balaban J connectivity index is 3.17. The number of nitrogens with zero attached hydrogens (tertiary/aromatic N) is 1. The highest BCUT2D eigenvalue weighted by atomic mass is 32.2. The van der Waals surface area contributed by atoms with Crippen LogP contribution >= 0.6 is 0 Å². The molecule has 0 amide bonds. The van der Waals surface area contributed by atoms with Gasteiger partial charge in [-0.05, 0) is 43.5 Å². The highest BCUT2D eigenvalue weighted by molar-refractivity contribution is 7.89. The Bertz CT molecular complexity index is 512. The van der Waals surface area contributed by atoms with Crippen molar-refractivity contribution in [3.8, 4) is 0 Å². The number of benzene rings is 1. The van der Waals surface area contributed by atoms with E-state index in [0.717, 1.165) is 17.5 Å². The quantitative estimate of drug-likeness (QED) is 0.888. The van der Waals surface area contributed by atoms with Gasteiger partial charge in [0.15, 0.2) is 0 Å². The van der Waals surface area contributed by atoms with Crippen LogP contribution in [0.3, 0.4) is 0 Å². The van der Waals surface area contributed by atoms with Crippen molar-refractivity contribution >= 4 is 10.0 Å². The third-order valence-corrected chi connectivity index (χ3v) is 5.39. The van der Waals surface area contributed by atoms with Gasteiger partial charge in [-0.2, -0.15) is 4.31 Å². The van der Waals surface area contributed by atoms with Crippen LogP contribution in [0.2, 0.25) is 0 Å². The second-order valence-electron chi connectivity index (χ2n) is 4.57. The van der Waals surface area contributed by atoms with Gasteiger partial charge < -0.3 is 5.73 Å². The van der Waals surface area contributed by atoms with Gasteiger partial charge in [0.1, 0.15) is 0 Å². The molecule has 0 spiro atoms. The second kappa shape index (κ2) is 5.82. The van der Waals surface area contributed by atoms with E-state index in [-0.39, 0.29) is 6.04 Å². The first-order valence-corrected chi connectivity index (χ1v) is 7.56. The maximum Gasteiger partial charge on any atom is 0.243 e. The van der Waals surface area contributed by atoms with E-state index in [1.54, 1.807) is 25.2 Å². The molecule has 0 heterocycles. The number of rotatable bonds is 5. The summed E-state index contributed by atoms with van der Waals surface area (Å²) in [5.41, 5.74) is 7.46. The Labute approximate surface area is 110 Å². The summed E-state index contributed by atoms with van der Waals surface area (Å²) in [5, 5.41) is 0. The van der Waals surface area contributed by atoms with Crippen LogP contribution in [0.15, 0.2) is 23.1 Å². The van der Waals surface area contributed by atoms with Gasteiger partial charge in [0.05, 0.1) is 4.90 Å². The molecular weight excluding hydrogens is 248 g/mol. The molecule has 102 valence electrons. The summed E-state index contributed by atoms with van der Waals surface area (Å²) in [7, 11) is -1.78. The zero-order valence-corrected chi connectivity index (χ0v) is 12.3. The average Bonchev–Trinajstić information content (AvgIpc) is 2.36. The summed E-state index contributed by atoms with van der Waals surface area (Å²) in [6.07, 6.45) is 0.787. The Kier molecular flexibility index (Phi) is 4.90. The molecule has 0 saturated heterocycles. The first-order valence-electron chi connectivity index (χ1n) is 6.12. The summed E-state index contributed by atoms with van der Waals surface area (Å²) in [4.78, 5) is 0.333. The van der Waals surface area contributed by atoms with Crippen molar-refractivity contribution in [1.82, 2.24) is 4.31 Å². The number of hydrogen-bond acceptors (Lipinski definition) is 3. The zero-order valence-electron chi connectivity index (χ0n) is 11.5. The summed E-state index contributed by atoms with van der Waals surface area (Å²) in [5.74, 6) is 0. The van der Waals surface area contributed by atoms with Gasteiger partial charge in [-0.15, -0.1) is 0 Å². The minimum atomic E-state index is -3.41. The lowest BCUT2D eigenvalue weighted by molar-refractivity contribution is 0.380. The number of hydrogen-bond donors (Lipinski definition) is 1. The van der Waals surface area contributed by atoms with Crippen molar-refractivity contribution in [3.63, 3.8) is 0 Å². The smallest absolute Gasteiger partial charge is 0.243 e. The molecule has 0 radical (unpaired) electrons. The highest BCUT2D eigenvalue weighted by Gasteiger charge is 2.24. The zero-order chi connectivity index (χ0) is 13.9. The van der Waals surface area contributed by atoms with Crippen LogP contribution < -0.4 is 5.73 Å². The highest BCUT2D eigenvalue weighted by Crippen LogP contribution is 2.20. The molecule has 5 heteroatoms. The minimum Gasteiger partial charge on any atom is -0.326 e. The van der Waals surface area contributed by atoms with Gasteiger partial charge in [-0.3, -0.25) is 0 Å². The standard InChI is InChI=1S/C13H22N2O2S/c1-5-11(3)15(4)18(16,17)13-7-6-12(9-14)10(2)8-13/h6-8,11H,5,9,14H2,1-4H3. The Hall–Kier alpha value is -0.910.